The molecule has 0 aliphatic carbocycles. The van der Waals surface area contributed by atoms with Gasteiger partial charge in [-0.3, -0.25) is 14.7 Å². The molecule has 1 fully saturated rings. The fraction of sp³-hybridized carbons (Fsp3) is 0.353. The van der Waals surface area contributed by atoms with Crippen molar-refractivity contribution in [2.45, 2.75) is 25.4 Å². The van der Waals surface area contributed by atoms with Gasteiger partial charge in [-0.1, -0.05) is 17.7 Å². The lowest BCUT2D eigenvalue weighted by Crippen LogP contribution is -2.44. The van der Waals surface area contributed by atoms with Crippen LogP contribution in [0.2, 0.25) is 5.15 Å². The van der Waals surface area contributed by atoms with Gasteiger partial charge in [0.15, 0.2) is 0 Å². The van der Waals surface area contributed by atoms with Crippen LogP contribution in [0.4, 0.5) is 0 Å². The summed E-state index contributed by atoms with van der Waals surface area (Å²) in [4.78, 5) is 22.7. The number of aromatic nitrogens is 2. The summed E-state index contributed by atoms with van der Waals surface area (Å²) in [7, 11) is 0. The van der Waals surface area contributed by atoms with Crippen LogP contribution in [0.3, 0.4) is 0 Å². The Kier molecular flexibility index (Phi) is 5.20. The summed E-state index contributed by atoms with van der Waals surface area (Å²) in [5.41, 5.74) is 1.64. The van der Waals surface area contributed by atoms with Crippen LogP contribution < -0.4 is 5.32 Å². The summed E-state index contributed by atoms with van der Waals surface area (Å²) >= 11 is 5.83. The molecule has 5 nitrogen and oxygen atoms in total. The minimum absolute atomic E-state index is 0.153. The molecule has 1 amide bonds. The Hall–Kier alpha value is -1.98. The number of rotatable bonds is 4. The third kappa shape index (κ3) is 4.50. The van der Waals surface area contributed by atoms with E-state index in [-0.39, 0.29) is 11.9 Å². The molecule has 23 heavy (non-hydrogen) atoms. The Labute approximate surface area is 140 Å². The molecule has 0 saturated carbocycles. The summed E-state index contributed by atoms with van der Waals surface area (Å²) in [6, 6.07) is 9.35. The van der Waals surface area contributed by atoms with E-state index in [0.717, 1.165) is 32.5 Å². The van der Waals surface area contributed by atoms with Crippen molar-refractivity contribution >= 4 is 17.5 Å². The first-order valence-corrected chi connectivity index (χ1v) is 8.13. The molecular formula is C17H19ClN4O. The maximum absolute atomic E-state index is 12.2. The molecule has 0 spiro atoms. The monoisotopic (exact) mass is 330 g/mol. The van der Waals surface area contributed by atoms with Gasteiger partial charge in [-0.25, -0.2) is 4.98 Å². The smallest absolute Gasteiger partial charge is 0.270 e. The molecule has 2 aromatic heterocycles. The summed E-state index contributed by atoms with van der Waals surface area (Å²) in [5.74, 6) is -0.153. The zero-order chi connectivity index (χ0) is 16.1. The van der Waals surface area contributed by atoms with Crippen LogP contribution in [0.25, 0.3) is 0 Å². The molecule has 0 radical (unpaired) electrons. The summed E-state index contributed by atoms with van der Waals surface area (Å²) < 4.78 is 0. The summed E-state index contributed by atoms with van der Waals surface area (Å²) in [5, 5.41) is 3.39. The van der Waals surface area contributed by atoms with E-state index in [0.29, 0.717) is 10.8 Å². The van der Waals surface area contributed by atoms with Gasteiger partial charge in [0.1, 0.15) is 10.8 Å². The van der Waals surface area contributed by atoms with Crippen LogP contribution in [0.5, 0.6) is 0 Å². The molecule has 2 aromatic rings. The second kappa shape index (κ2) is 7.53. The zero-order valence-corrected chi connectivity index (χ0v) is 13.5. The number of halogens is 1. The van der Waals surface area contributed by atoms with Crippen molar-refractivity contribution < 1.29 is 4.79 Å². The predicted molar refractivity (Wildman–Crippen MR) is 89.2 cm³/mol. The van der Waals surface area contributed by atoms with Crippen molar-refractivity contribution in [3.8, 4) is 0 Å². The SMILES string of the molecule is O=C(NC1CCN(Cc2ccncc2)CC1)c1cccc(Cl)n1. The second-order valence-corrected chi connectivity index (χ2v) is 6.11. The second-order valence-electron chi connectivity index (χ2n) is 5.72. The Balaban J connectivity index is 1.48. The molecule has 0 atom stereocenters. The van der Waals surface area contributed by atoms with Crippen LogP contribution in [0, 0.1) is 0 Å². The standard InChI is InChI=1S/C17H19ClN4O/c18-16-3-1-2-15(21-16)17(23)20-14-6-10-22(11-7-14)12-13-4-8-19-9-5-13/h1-5,8-9,14H,6-7,10-12H2,(H,20,23). The molecule has 120 valence electrons. The van der Waals surface area contributed by atoms with Crippen molar-refractivity contribution in [1.82, 2.24) is 20.2 Å². The van der Waals surface area contributed by atoms with Gasteiger partial charge in [0.25, 0.3) is 5.91 Å². The number of pyridine rings is 2. The number of hydrogen-bond donors (Lipinski definition) is 1. The van der Waals surface area contributed by atoms with Gasteiger partial charge < -0.3 is 5.32 Å². The number of amides is 1. The van der Waals surface area contributed by atoms with Gasteiger partial charge >= 0.3 is 0 Å². The van der Waals surface area contributed by atoms with E-state index < -0.39 is 0 Å². The van der Waals surface area contributed by atoms with Crippen LogP contribution in [-0.2, 0) is 6.54 Å². The Bertz CT molecular complexity index is 657. The van der Waals surface area contributed by atoms with E-state index in [9.17, 15) is 4.79 Å². The van der Waals surface area contributed by atoms with Crippen molar-refractivity contribution in [1.29, 1.82) is 0 Å². The number of likely N-dealkylation sites (tertiary alicyclic amines) is 1. The molecule has 0 bridgehead atoms. The van der Waals surface area contributed by atoms with Crippen molar-refractivity contribution in [2.24, 2.45) is 0 Å². The molecule has 0 aromatic carbocycles. The highest BCUT2D eigenvalue weighted by molar-refractivity contribution is 6.29. The van der Waals surface area contributed by atoms with E-state index in [1.54, 1.807) is 18.2 Å². The maximum Gasteiger partial charge on any atom is 0.270 e. The van der Waals surface area contributed by atoms with E-state index in [1.165, 1.54) is 5.56 Å². The van der Waals surface area contributed by atoms with Crippen molar-refractivity contribution in [2.75, 3.05) is 13.1 Å². The number of piperidine rings is 1. The average Bonchev–Trinajstić information content (AvgIpc) is 2.57. The molecular weight excluding hydrogens is 312 g/mol. The molecule has 0 unspecified atom stereocenters. The van der Waals surface area contributed by atoms with Gasteiger partial charge in [-0.15, -0.1) is 0 Å². The number of nitrogens with one attached hydrogen (secondary N) is 1. The van der Waals surface area contributed by atoms with Crippen LogP contribution >= 0.6 is 11.6 Å². The first-order chi connectivity index (χ1) is 11.2. The minimum atomic E-state index is -0.153. The zero-order valence-electron chi connectivity index (χ0n) is 12.8. The summed E-state index contributed by atoms with van der Waals surface area (Å²) in [6.45, 7) is 2.87. The van der Waals surface area contributed by atoms with Gasteiger partial charge in [0.2, 0.25) is 0 Å². The van der Waals surface area contributed by atoms with Crippen molar-refractivity contribution in [3.63, 3.8) is 0 Å². The van der Waals surface area contributed by atoms with Crippen LogP contribution in [-0.4, -0.2) is 39.9 Å². The number of carbonyl (C=O) groups excluding carboxylic acids is 1. The molecule has 1 aliphatic heterocycles. The van der Waals surface area contributed by atoms with E-state index in [2.05, 4.69) is 20.2 Å². The van der Waals surface area contributed by atoms with Gasteiger partial charge in [0, 0.05) is 38.1 Å². The van der Waals surface area contributed by atoms with E-state index >= 15 is 0 Å². The molecule has 1 N–H and O–H groups in total. The Morgan fingerprint density at radius 2 is 1.96 bits per heavy atom. The largest absolute Gasteiger partial charge is 0.348 e. The van der Waals surface area contributed by atoms with Crippen LogP contribution in [0.1, 0.15) is 28.9 Å². The first kappa shape index (κ1) is 15.9. The molecule has 6 heteroatoms. The predicted octanol–water partition coefficient (Wildman–Crippen LogP) is 2.52. The molecule has 3 rings (SSSR count). The lowest BCUT2D eigenvalue weighted by atomic mass is 10.0. The fourth-order valence-corrected chi connectivity index (χ4v) is 2.94. The highest BCUT2D eigenvalue weighted by atomic mass is 35.5. The van der Waals surface area contributed by atoms with Gasteiger partial charge in [-0.2, -0.15) is 0 Å². The van der Waals surface area contributed by atoms with Crippen LogP contribution in [0.15, 0.2) is 42.7 Å². The molecule has 1 aliphatic rings. The molecule has 3 heterocycles. The fourth-order valence-electron chi connectivity index (χ4n) is 2.78. The van der Waals surface area contributed by atoms with Gasteiger partial charge in [0.05, 0.1) is 0 Å². The van der Waals surface area contributed by atoms with Gasteiger partial charge in [-0.05, 0) is 42.7 Å². The van der Waals surface area contributed by atoms with E-state index in [4.69, 9.17) is 11.6 Å². The topological polar surface area (TPSA) is 58.1 Å². The molecule has 1 saturated heterocycles. The number of carbonyl (C=O) groups is 1. The lowest BCUT2D eigenvalue weighted by Gasteiger charge is -2.32. The summed E-state index contributed by atoms with van der Waals surface area (Å²) in [6.07, 6.45) is 5.52. The Morgan fingerprint density at radius 1 is 1.22 bits per heavy atom. The number of nitrogens with zero attached hydrogens (tertiary/aromatic N) is 3. The first-order valence-electron chi connectivity index (χ1n) is 7.75. The van der Waals surface area contributed by atoms with Crippen molar-refractivity contribution in [3.05, 3.63) is 59.1 Å². The normalized spacial score (nSPS) is 16.2. The highest BCUT2D eigenvalue weighted by Gasteiger charge is 2.21. The quantitative estimate of drug-likeness (QED) is 0.875. The number of hydrogen-bond acceptors (Lipinski definition) is 4. The maximum atomic E-state index is 12.2. The minimum Gasteiger partial charge on any atom is -0.348 e. The third-order valence-electron chi connectivity index (χ3n) is 4.03. The third-order valence-corrected chi connectivity index (χ3v) is 4.24. The average molecular weight is 331 g/mol. The van der Waals surface area contributed by atoms with E-state index in [1.807, 2.05) is 24.5 Å². The lowest BCUT2D eigenvalue weighted by molar-refractivity contribution is 0.0904. The Morgan fingerprint density at radius 3 is 2.65 bits per heavy atom. The highest BCUT2D eigenvalue weighted by Crippen LogP contribution is 2.14.